The Morgan fingerprint density at radius 2 is 1.95 bits per heavy atom. The van der Waals surface area contributed by atoms with Crippen LogP contribution in [0.1, 0.15) is 38.5 Å². The van der Waals surface area contributed by atoms with Gasteiger partial charge in [0.05, 0.1) is 12.7 Å². The highest BCUT2D eigenvalue weighted by Gasteiger charge is 2.25. The van der Waals surface area contributed by atoms with Gasteiger partial charge in [-0.1, -0.05) is 11.9 Å². The van der Waals surface area contributed by atoms with Gasteiger partial charge in [-0.05, 0) is 86.3 Å². The fraction of sp³-hybridized carbons (Fsp3) is 0.536. The van der Waals surface area contributed by atoms with Crippen LogP contribution < -0.4 is 14.5 Å². The van der Waals surface area contributed by atoms with Gasteiger partial charge in [-0.2, -0.15) is 4.37 Å². The van der Waals surface area contributed by atoms with Crippen LogP contribution >= 0.6 is 23.5 Å². The SMILES string of the molecule is OCCSNc1ccc2c(c1)N1CCC(CC1)OCCCC1CCCN(C1)c1cc(ccn1)-c1nc-2ns1. The molecule has 0 spiro atoms. The van der Waals surface area contributed by atoms with E-state index in [2.05, 4.69) is 38.8 Å². The van der Waals surface area contributed by atoms with Crippen molar-refractivity contribution in [2.45, 2.75) is 44.6 Å². The minimum absolute atomic E-state index is 0.150. The van der Waals surface area contributed by atoms with Crippen LogP contribution in [0.2, 0.25) is 0 Å². The highest BCUT2D eigenvalue weighted by molar-refractivity contribution is 8.00. The van der Waals surface area contributed by atoms with Crippen molar-refractivity contribution in [1.82, 2.24) is 14.3 Å². The quantitative estimate of drug-likeness (QED) is 0.330. The first kappa shape index (κ1) is 25.9. The van der Waals surface area contributed by atoms with Gasteiger partial charge in [0.25, 0.3) is 0 Å². The van der Waals surface area contributed by atoms with E-state index in [0.29, 0.717) is 17.8 Å². The third kappa shape index (κ3) is 5.93. The molecular formula is C28H36N6O2S2. The van der Waals surface area contributed by atoms with Gasteiger partial charge in [0.2, 0.25) is 0 Å². The van der Waals surface area contributed by atoms with Gasteiger partial charge in [0, 0.05) is 67.2 Å². The van der Waals surface area contributed by atoms with Crippen molar-refractivity contribution in [3.63, 3.8) is 0 Å². The number of benzene rings is 1. The second kappa shape index (κ2) is 12.2. The maximum atomic E-state index is 9.17. The molecule has 0 amide bonds. The number of aliphatic hydroxyl groups is 1. The van der Waals surface area contributed by atoms with E-state index in [0.717, 1.165) is 91.2 Å². The maximum absolute atomic E-state index is 9.17. The lowest BCUT2D eigenvalue weighted by molar-refractivity contribution is 0.0330. The number of aliphatic hydroxyl groups excluding tert-OH is 1. The molecule has 2 saturated heterocycles. The molecule has 3 aromatic rings. The second-order valence-corrected chi connectivity index (χ2v) is 12.0. The number of aromatic nitrogens is 3. The number of ether oxygens (including phenoxy) is 1. The van der Waals surface area contributed by atoms with Crippen LogP contribution in [0.25, 0.3) is 22.0 Å². The number of fused-ring (bicyclic) bond motifs is 5. The van der Waals surface area contributed by atoms with E-state index < -0.39 is 0 Å². The molecule has 4 aliphatic rings. The minimum Gasteiger partial charge on any atom is -0.395 e. The molecule has 8 bridgehead atoms. The fourth-order valence-electron chi connectivity index (χ4n) is 5.79. The zero-order chi connectivity index (χ0) is 25.7. The Bertz CT molecular complexity index is 1220. The van der Waals surface area contributed by atoms with Crippen molar-refractivity contribution >= 4 is 40.7 Å². The van der Waals surface area contributed by atoms with E-state index in [9.17, 15) is 5.11 Å². The summed E-state index contributed by atoms with van der Waals surface area (Å²) in [6.45, 7) is 5.03. The van der Waals surface area contributed by atoms with E-state index in [1.807, 2.05) is 12.3 Å². The van der Waals surface area contributed by atoms with Gasteiger partial charge in [-0.15, -0.1) is 0 Å². The molecule has 1 unspecified atom stereocenters. The van der Waals surface area contributed by atoms with Gasteiger partial charge in [0.1, 0.15) is 10.8 Å². The maximum Gasteiger partial charge on any atom is 0.175 e. The van der Waals surface area contributed by atoms with E-state index >= 15 is 0 Å². The Kier molecular flexibility index (Phi) is 8.30. The monoisotopic (exact) mass is 552 g/mol. The molecule has 202 valence electrons. The first-order valence-electron chi connectivity index (χ1n) is 13.8. The summed E-state index contributed by atoms with van der Waals surface area (Å²) in [4.78, 5) is 14.6. The molecule has 4 aliphatic heterocycles. The number of nitrogens with one attached hydrogen (secondary N) is 1. The molecule has 2 N–H and O–H groups in total. The Morgan fingerprint density at radius 1 is 1.05 bits per heavy atom. The van der Waals surface area contributed by atoms with E-state index in [1.165, 1.54) is 42.7 Å². The van der Waals surface area contributed by atoms with E-state index in [1.54, 1.807) is 0 Å². The Labute approximate surface area is 233 Å². The predicted molar refractivity (Wildman–Crippen MR) is 157 cm³/mol. The number of anilines is 3. The lowest BCUT2D eigenvalue weighted by Gasteiger charge is -2.35. The summed E-state index contributed by atoms with van der Waals surface area (Å²) in [6.07, 6.45) is 9.14. The molecule has 10 heteroatoms. The van der Waals surface area contributed by atoms with Crippen LogP contribution in [-0.4, -0.2) is 70.7 Å². The molecule has 38 heavy (non-hydrogen) atoms. The number of rotatable bonds is 4. The van der Waals surface area contributed by atoms with Gasteiger partial charge in [-0.3, -0.25) is 0 Å². The molecule has 0 aliphatic carbocycles. The van der Waals surface area contributed by atoms with Gasteiger partial charge >= 0.3 is 0 Å². The van der Waals surface area contributed by atoms with Crippen LogP contribution in [0.3, 0.4) is 0 Å². The summed E-state index contributed by atoms with van der Waals surface area (Å²) in [5.41, 5.74) is 4.30. The molecule has 8 nitrogen and oxygen atoms in total. The van der Waals surface area contributed by atoms with Crippen LogP contribution in [0, 0.1) is 5.92 Å². The van der Waals surface area contributed by atoms with Gasteiger partial charge < -0.3 is 24.4 Å². The van der Waals surface area contributed by atoms with Crippen LogP contribution in [0.5, 0.6) is 0 Å². The van der Waals surface area contributed by atoms with Gasteiger partial charge in [0.15, 0.2) is 5.82 Å². The molecular weight excluding hydrogens is 516 g/mol. The van der Waals surface area contributed by atoms with E-state index in [4.69, 9.17) is 19.1 Å². The third-order valence-corrected chi connectivity index (χ3v) is 9.31. The van der Waals surface area contributed by atoms with Crippen LogP contribution in [0.15, 0.2) is 36.5 Å². The first-order valence-corrected chi connectivity index (χ1v) is 15.6. The Morgan fingerprint density at radius 3 is 2.84 bits per heavy atom. The second-order valence-electron chi connectivity index (χ2n) is 10.4. The van der Waals surface area contributed by atoms with Crippen molar-refractivity contribution in [1.29, 1.82) is 0 Å². The van der Waals surface area contributed by atoms with Crippen molar-refractivity contribution in [2.24, 2.45) is 5.92 Å². The summed E-state index contributed by atoms with van der Waals surface area (Å²) in [7, 11) is 0. The molecule has 1 atom stereocenters. The number of hydrogen-bond acceptors (Lipinski definition) is 10. The third-order valence-electron chi connectivity index (χ3n) is 7.78. The van der Waals surface area contributed by atoms with Crippen molar-refractivity contribution < 1.29 is 9.84 Å². The lowest BCUT2D eigenvalue weighted by atomic mass is 9.93. The highest BCUT2D eigenvalue weighted by atomic mass is 32.2. The minimum atomic E-state index is 0.150. The predicted octanol–water partition coefficient (Wildman–Crippen LogP) is 5.32. The zero-order valence-electron chi connectivity index (χ0n) is 21.7. The van der Waals surface area contributed by atoms with Crippen molar-refractivity contribution in [3.8, 4) is 22.0 Å². The first-order chi connectivity index (χ1) is 18.8. The standard InChI is InChI=1S/C28H36N6O2S2/c35-14-16-37-31-22-5-6-24-25(18-22)33-12-8-23(9-13-33)36-15-2-4-20-3-1-11-34(19-20)26-17-21(7-10-29-26)28-30-27(24)32-38-28/h5-7,10,17-18,20,23,31,35H,1-4,8-9,11-16,19H2. The molecule has 2 aromatic heterocycles. The smallest absolute Gasteiger partial charge is 0.175 e. The fourth-order valence-corrected chi connectivity index (χ4v) is 6.95. The largest absolute Gasteiger partial charge is 0.395 e. The van der Waals surface area contributed by atoms with Gasteiger partial charge in [-0.25, -0.2) is 9.97 Å². The van der Waals surface area contributed by atoms with Crippen LogP contribution in [-0.2, 0) is 4.74 Å². The molecule has 0 radical (unpaired) electrons. The average molecular weight is 553 g/mol. The average Bonchev–Trinajstić information content (AvgIpc) is 3.46. The van der Waals surface area contributed by atoms with Crippen molar-refractivity contribution in [2.75, 3.05) is 59.7 Å². The number of nitrogens with zero attached hydrogens (tertiary/aromatic N) is 5. The molecule has 0 saturated carbocycles. The number of pyridine rings is 1. The Hall–Kier alpha value is -2.40. The number of hydrogen-bond donors (Lipinski definition) is 2. The summed E-state index contributed by atoms with van der Waals surface area (Å²) < 4.78 is 14.5. The zero-order valence-corrected chi connectivity index (χ0v) is 23.4. The van der Waals surface area contributed by atoms with Crippen LogP contribution in [0.4, 0.5) is 17.2 Å². The molecule has 6 heterocycles. The summed E-state index contributed by atoms with van der Waals surface area (Å²) >= 11 is 2.97. The van der Waals surface area contributed by atoms with Crippen molar-refractivity contribution in [3.05, 3.63) is 36.5 Å². The lowest BCUT2D eigenvalue weighted by Crippen LogP contribution is -2.37. The Balaban J connectivity index is 1.34. The summed E-state index contributed by atoms with van der Waals surface area (Å²) in [5, 5.41) is 10.1. The molecule has 1 aromatic carbocycles. The topological polar surface area (TPSA) is 86.6 Å². The normalized spacial score (nSPS) is 21.8. The molecule has 2 fully saturated rings. The molecule has 7 rings (SSSR count). The number of piperidine rings is 2. The summed E-state index contributed by atoms with van der Waals surface area (Å²) in [5.74, 6) is 3.15. The van der Waals surface area contributed by atoms with E-state index in [-0.39, 0.29) is 6.61 Å². The highest BCUT2D eigenvalue weighted by Crippen LogP contribution is 2.37. The summed E-state index contributed by atoms with van der Waals surface area (Å²) in [6, 6.07) is 10.6.